The molecule has 1 heterocycles. The first-order valence-corrected chi connectivity index (χ1v) is 11.1. The summed E-state index contributed by atoms with van der Waals surface area (Å²) in [4.78, 5) is 27.4. The van der Waals surface area contributed by atoms with Crippen LogP contribution in [0.4, 0.5) is 5.69 Å². The van der Waals surface area contributed by atoms with Gasteiger partial charge in [0.25, 0.3) is 0 Å². The van der Waals surface area contributed by atoms with Gasteiger partial charge in [0.05, 0.1) is 25.3 Å². The number of carbonyl (C=O) groups is 2. The van der Waals surface area contributed by atoms with Crippen LogP contribution in [0.15, 0.2) is 48.5 Å². The van der Waals surface area contributed by atoms with Gasteiger partial charge in [0.15, 0.2) is 0 Å². The Hall–Kier alpha value is -2.87. The molecule has 2 aromatic rings. The number of rotatable bonds is 5. The lowest BCUT2D eigenvalue weighted by molar-refractivity contribution is -0.128. The van der Waals surface area contributed by atoms with E-state index in [1.54, 1.807) is 29.2 Å². The second-order valence-electron chi connectivity index (χ2n) is 7.17. The van der Waals surface area contributed by atoms with Crippen molar-refractivity contribution in [3.63, 3.8) is 0 Å². The molecule has 0 radical (unpaired) electrons. The van der Waals surface area contributed by atoms with Gasteiger partial charge in [-0.15, -0.1) is 0 Å². The Labute approximate surface area is 170 Å². The summed E-state index contributed by atoms with van der Waals surface area (Å²) in [5, 5.41) is 0. The molecule has 1 saturated heterocycles. The molecule has 1 aliphatic rings. The summed E-state index contributed by atoms with van der Waals surface area (Å²) in [6.45, 7) is 1.95. The summed E-state index contributed by atoms with van der Waals surface area (Å²) in [6, 6.07) is 13.9. The van der Waals surface area contributed by atoms with Crippen LogP contribution in [0, 0.1) is 12.8 Å². The minimum absolute atomic E-state index is 0.131. The fraction of sp³-hybridized carbons (Fsp3) is 0.333. The molecule has 7 nitrogen and oxygen atoms in total. The van der Waals surface area contributed by atoms with Gasteiger partial charge >= 0.3 is 0 Å². The molecule has 29 heavy (non-hydrogen) atoms. The van der Waals surface area contributed by atoms with E-state index < -0.39 is 27.9 Å². The summed E-state index contributed by atoms with van der Waals surface area (Å²) in [6.07, 6.45) is 1.32. The third-order valence-electron chi connectivity index (χ3n) is 4.99. The van der Waals surface area contributed by atoms with E-state index in [0.717, 1.165) is 11.8 Å². The zero-order valence-electron chi connectivity index (χ0n) is 16.6. The largest absolute Gasteiger partial charge is 0.496 e. The average molecular weight is 416 g/mol. The van der Waals surface area contributed by atoms with Gasteiger partial charge in [-0.2, -0.15) is 0 Å². The van der Waals surface area contributed by atoms with Crippen LogP contribution in [-0.4, -0.2) is 33.6 Å². The molecule has 0 saturated carbocycles. The van der Waals surface area contributed by atoms with Crippen molar-refractivity contribution in [1.29, 1.82) is 0 Å². The first-order chi connectivity index (χ1) is 13.7. The summed E-state index contributed by atoms with van der Waals surface area (Å²) in [5.74, 6) is -0.984. The van der Waals surface area contributed by atoms with E-state index in [2.05, 4.69) is 4.72 Å². The minimum atomic E-state index is -3.73. The van der Waals surface area contributed by atoms with Gasteiger partial charge in [0.2, 0.25) is 21.8 Å². The second-order valence-corrected chi connectivity index (χ2v) is 8.92. The Balaban J connectivity index is 2.14. The van der Waals surface area contributed by atoms with Crippen molar-refractivity contribution in [2.75, 3.05) is 18.3 Å². The van der Waals surface area contributed by atoms with Crippen molar-refractivity contribution in [2.24, 2.45) is 5.92 Å². The van der Waals surface area contributed by atoms with E-state index in [9.17, 15) is 18.0 Å². The molecule has 0 bridgehead atoms. The standard InChI is InChI=1S/C21H24N2O5S/c1-14-8-10-15(11-9-14)23-19(24)13-12-17(21(25)22-29(3,26)27)20(23)16-6-4-5-7-18(16)28-2/h4-11,17,20H,12-13H2,1-3H3,(H,22,25). The van der Waals surface area contributed by atoms with Gasteiger partial charge in [0, 0.05) is 17.7 Å². The number of sulfonamides is 1. The number of amides is 2. The van der Waals surface area contributed by atoms with Crippen LogP contribution < -0.4 is 14.4 Å². The fourth-order valence-corrected chi connectivity index (χ4v) is 4.22. The van der Waals surface area contributed by atoms with Crippen LogP contribution >= 0.6 is 0 Å². The third-order valence-corrected chi connectivity index (χ3v) is 5.56. The highest BCUT2D eigenvalue weighted by Gasteiger charge is 2.43. The van der Waals surface area contributed by atoms with E-state index >= 15 is 0 Å². The number of carbonyl (C=O) groups excluding carboxylic acids is 2. The molecule has 154 valence electrons. The smallest absolute Gasteiger partial charge is 0.238 e. The molecule has 0 aromatic heterocycles. The highest BCUT2D eigenvalue weighted by molar-refractivity contribution is 7.89. The molecule has 1 aliphatic heterocycles. The highest BCUT2D eigenvalue weighted by Crippen LogP contribution is 2.43. The maximum atomic E-state index is 13.0. The maximum Gasteiger partial charge on any atom is 0.238 e. The number of ether oxygens (including phenoxy) is 1. The van der Waals surface area contributed by atoms with Crippen molar-refractivity contribution in [3.8, 4) is 5.75 Å². The van der Waals surface area contributed by atoms with Crippen LogP contribution in [0.2, 0.25) is 0 Å². The van der Waals surface area contributed by atoms with Crippen LogP contribution in [0.1, 0.15) is 30.0 Å². The molecule has 2 amide bonds. The lowest BCUT2D eigenvalue weighted by Gasteiger charge is -2.41. The summed E-state index contributed by atoms with van der Waals surface area (Å²) in [7, 11) is -2.21. The topological polar surface area (TPSA) is 92.8 Å². The predicted molar refractivity (Wildman–Crippen MR) is 110 cm³/mol. The maximum absolute atomic E-state index is 13.0. The number of piperidine rings is 1. The zero-order valence-corrected chi connectivity index (χ0v) is 17.4. The number of nitrogens with zero attached hydrogens (tertiary/aromatic N) is 1. The lowest BCUT2D eigenvalue weighted by Crippen LogP contribution is -2.49. The Morgan fingerprint density at radius 1 is 1.14 bits per heavy atom. The summed E-state index contributed by atoms with van der Waals surface area (Å²) in [5.41, 5.74) is 2.34. The van der Waals surface area contributed by atoms with E-state index in [1.807, 2.05) is 31.2 Å². The number of hydrogen-bond donors (Lipinski definition) is 1. The molecule has 2 unspecified atom stereocenters. The van der Waals surface area contributed by atoms with Crippen LogP contribution in [0.25, 0.3) is 0 Å². The van der Waals surface area contributed by atoms with E-state index in [-0.39, 0.29) is 18.7 Å². The first kappa shape index (κ1) is 20.9. The number of aryl methyl sites for hydroxylation is 1. The first-order valence-electron chi connectivity index (χ1n) is 9.24. The molecule has 2 atom stereocenters. The Morgan fingerprint density at radius 2 is 1.79 bits per heavy atom. The Kier molecular flexibility index (Phi) is 5.93. The van der Waals surface area contributed by atoms with Crippen molar-refractivity contribution < 1.29 is 22.7 Å². The van der Waals surface area contributed by atoms with E-state index in [1.165, 1.54) is 7.11 Å². The van der Waals surface area contributed by atoms with Gasteiger partial charge < -0.3 is 9.64 Å². The Bertz CT molecular complexity index is 1020. The quantitative estimate of drug-likeness (QED) is 0.809. The normalized spacial score (nSPS) is 19.7. The number of anilines is 1. The molecule has 2 aromatic carbocycles. The molecule has 0 spiro atoms. The molecule has 3 rings (SSSR count). The number of para-hydroxylation sites is 1. The van der Waals surface area contributed by atoms with Crippen molar-refractivity contribution >= 4 is 27.5 Å². The van der Waals surface area contributed by atoms with Gasteiger partial charge in [-0.3, -0.25) is 14.3 Å². The number of nitrogens with one attached hydrogen (secondary N) is 1. The average Bonchev–Trinajstić information content (AvgIpc) is 2.67. The van der Waals surface area contributed by atoms with Gasteiger partial charge in [-0.25, -0.2) is 8.42 Å². The van der Waals surface area contributed by atoms with Gasteiger partial charge in [0.1, 0.15) is 5.75 Å². The highest BCUT2D eigenvalue weighted by atomic mass is 32.2. The van der Waals surface area contributed by atoms with E-state index in [0.29, 0.717) is 17.0 Å². The molecular weight excluding hydrogens is 392 g/mol. The minimum Gasteiger partial charge on any atom is -0.496 e. The molecule has 1 N–H and O–H groups in total. The van der Waals surface area contributed by atoms with Crippen molar-refractivity contribution in [1.82, 2.24) is 4.72 Å². The van der Waals surface area contributed by atoms with Crippen LogP contribution in [0.3, 0.4) is 0 Å². The lowest BCUT2D eigenvalue weighted by atomic mass is 9.83. The van der Waals surface area contributed by atoms with E-state index in [4.69, 9.17) is 4.74 Å². The molecular formula is C21H24N2O5S. The molecule has 1 fully saturated rings. The predicted octanol–water partition coefficient (Wildman–Crippen LogP) is 2.56. The monoisotopic (exact) mass is 416 g/mol. The number of methoxy groups -OCH3 is 1. The number of benzene rings is 2. The van der Waals surface area contributed by atoms with Gasteiger partial charge in [-0.05, 0) is 31.5 Å². The zero-order chi connectivity index (χ0) is 21.2. The van der Waals surface area contributed by atoms with Crippen molar-refractivity contribution in [3.05, 3.63) is 59.7 Å². The fourth-order valence-electron chi connectivity index (χ4n) is 3.70. The SMILES string of the molecule is COc1ccccc1C1C(C(=O)NS(C)(=O)=O)CCC(=O)N1c1ccc(C)cc1. The van der Waals surface area contributed by atoms with Crippen LogP contribution in [0.5, 0.6) is 5.75 Å². The summed E-state index contributed by atoms with van der Waals surface area (Å²) >= 11 is 0. The Morgan fingerprint density at radius 3 is 2.41 bits per heavy atom. The van der Waals surface area contributed by atoms with Gasteiger partial charge in [-0.1, -0.05) is 35.9 Å². The van der Waals surface area contributed by atoms with Crippen LogP contribution in [-0.2, 0) is 19.6 Å². The third kappa shape index (κ3) is 4.59. The number of hydrogen-bond acceptors (Lipinski definition) is 5. The molecule has 0 aliphatic carbocycles. The molecule has 8 heteroatoms. The second kappa shape index (κ2) is 8.24. The summed E-state index contributed by atoms with van der Waals surface area (Å²) < 4.78 is 30.9. The van der Waals surface area contributed by atoms with Crippen molar-refractivity contribution in [2.45, 2.75) is 25.8 Å².